The number of hydrogen-bond donors (Lipinski definition) is 0. The summed E-state index contributed by atoms with van der Waals surface area (Å²) in [7, 11) is 0. The van der Waals surface area contributed by atoms with Gasteiger partial charge in [-0.25, -0.2) is 0 Å². The van der Waals surface area contributed by atoms with Crippen LogP contribution < -0.4 is 0 Å². The van der Waals surface area contributed by atoms with E-state index in [1.165, 1.54) is 6.08 Å². The molecule has 1 aromatic carbocycles. The molecule has 0 aliphatic carbocycles. The van der Waals surface area contributed by atoms with Crippen molar-refractivity contribution in [3.8, 4) is 0 Å². The van der Waals surface area contributed by atoms with Crippen molar-refractivity contribution in [3.05, 3.63) is 46.5 Å². The van der Waals surface area contributed by atoms with E-state index in [4.69, 9.17) is 23.2 Å². The molecule has 0 N–H and O–H groups in total. The highest BCUT2D eigenvalue weighted by atomic mass is 35.5. The summed E-state index contributed by atoms with van der Waals surface area (Å²) >= 11 is 11.9. The summed E-state index contributed by atoms with van der Waals surface area (Å²) in [5.41, 5.74) is 1.14. The van der Waals surface area contributed by atoms with Crippen molar-refractivity contribution in [3.63, 3.8) is 0 Å². The van der Waals surface area contributed by atoms with Gasteiger partial charge in [-0.15, -0.1) is 0 Å². The lowest BCUT2D eigenvalue weighted by atomic mass is 10.2. The summed E-state index contributed by atoms with van der Waals surface area (Å²) in [6, 6.07) is 5.69. The van der Waals surface area contributed by atoms with Crippen LogP contribution in [-0.4, -0.2) is 41.9 Å². The molecule has 0 radical (unpaired) electrons. The van der Waals surface area contributed by atoms with Crippen molar-refractivity contribution in [2.45, 2.75) is 6.54 Å². The molecule has 2 rings (SSSR count). The molecule has 0 spiro atoms. The van der Waals surface area contributed by atoms with E-state index in [9.17, 15) is 4.79 Å². The van der Waals surface area contributed by atoms with E-state index >= 15 is 0 Å². The molecule has 19 heavy (non-hydrogen) atoms. The molecule has 1 heterocycles. The second-order valence-electron chi connectivity index (χ2n) is 4.55. The smallest absolute Gasteiger partial charge is 0.246 e. The van der Waals surface area contributed by atoms with Gasteiger partial charge in [-0.05, 0) is 23.8 Å². The first kappa shape index (κ1) is 14.4. The Balaban J connectivity index is 1.90. The Morgan fingerprint density at radius 1 is 1.21 bits per heavy atom. The second-order valence-corrected chi connectivity index (χ2v) is 5.37. The Morgan fingerprint density at radius 2 is 1.89 bits per heavy atom. The Bertz CT molecular complexity index is 482. The van der Waals surface area contributed by atoms with Crippen molar-refractivity contribution < 1.29 is 4.79 Å². The highest BCUT2D eigenvalue weighted by Crippen LogP contribution is 2.23. The van der Waals surface area contributed by atoms with E-state index in [0.29, 0.717) is 10.0 Å². The van der Waals surface area contributed by atoms with Crippen LogP contribution >= 0.6 is 23.2 Å². The van der Waals surface area contributed by atoms with E-state index in [-0.39, 0.29) is 5.91 Å². The molecule has 102 valence electrons. The third-order valence-corrected chi connectivity index (χ3v) is 3.99. The van der Waals surface area contributed by atoms with Crippen molar-refractivity contribution in [2.75, 3.05) is 26.2 Å². The molecular weight excluding hydrogens is 283 g/mol. The standard InChI is InChI=1S/C14H16Cl2N2O/c1-2-14(19)18-7-5-17(6-8-18)10-11-3-4-12(15)13(16)9-11/h2-4,9H,1,5-8,10H2. The molecule has 1 saturated heterocycles. The van der Waals surface area contributed by atoms with Crippen LogP contribution in [0.2, 0.25) is 10.0 Å². The fourth-order valence-corrected chi connectivity index (χ4v) is 2.47. The number of carbonyl (C=O) groups is 1. The zero-order chi connectivity index (χ0) is 13.8. The van der Waals surface area contributed by atoms with Crippen molar-refractivity contribution in [1.29, 1.82) is 0 Å². The monoisotopic (exact) mass is 298 g/mol. The summed E-state index contributed by atoms with van der Waals surface area (Å²) in [5.74, 6) is 0.00851. The van der Waals surface area contributed by atoms with Crippen LogP contribution in [0.15, 0.2) is 30.9 Å². The molecule has 0 bridgehead atoms. The molecule has 1 aromatic rings. The number of halogens is 2. The number of carbonyl (C=O) groups excluding carboxylic acids is 1. The maximum atomic E-state index is 11.5. The SMILES string of the molecule is C=CC(=O)N1CCN(Cc2ccc(Cl)c(Cl)c2)CC1. The predicted molar refractivity (Wildman–Crippen MR) is 78.5 cm³/mol. The first-order valence-corrected chi connectivity index (χ1v) is 6.93. The summed E-state index contributed by atoms with van der Waals surface area (Å²) in [5, 5.41) is 1.16. The molecule has 0 saturated carbocycles. The average molecular weight is 299 g/mol. The van der Waals surface area contributed by atoms with Crippen molar-refractivity contribution in [2.24, 2.45) is 0 Å². The van der Waals surface area contributed by atoms with E-state index in [1.54, 1.807) is 0 Å². The molecule has 3 nitrogen and oxygen atoms in total. The Labute approximate surface area is 123 Å². The molecule has 1 fully saturated rings. The zero-order valence-corrected chi connectivity index (χ0v) is 12.1. The minimum atomic E-state index is 0.00851. The fraction of sp³-hybridized carbons (Fsp3) is 0.357. The van der Waals surface area contributed by atoms with E-state index in [0.717, 1.165) is 38.3 Å². The van der Waals surface area contributed by atoms with E-state index < -0.39 is 0 Å². The highest BCUT2D eigenvalue weighted by molar-refractivity contribution is 6.42. The van der Waals surface area contributed by atoms with Gasteiger partial charge in [0, 0.05) is 32.7 Å². The number of piperazine rings is 1. The molecule has 5 heteroatoms. The van der Waals surface area contributed by atoms with Crippen LogP contribution in [0.25, 0.3) is 0 Å². The lowest BCUT2D eigenvalue weighted by molar-refractivity contribution is -0.127. The summed E-state index contributed by atoms with van der Waals surface area (Å²) in [6.07, 6.45) is 1.37. The Hall–Kier alpha value is -1.03. The van der Waals surface area contributed by atoms with Crippen LogP contribution in [0.5, 0.6) is 0 Å². The number of nitrogens with zero attached hydrogens (tertiary/aromatic N) is 2. The van der Waals surface area contributed by atoms with Gasteiger partial charge in [0.25, 0.3) is 0 Å². The van der Waals surface area contributed by atoms with Crippen LogP contribution in [0.4, 0.5) is 0 Å². The third-order valence-electron chi connectivity index (χ3n) is 3.25. The minimum absolute atomic E-state index is 0.00851. The molecule has 0 unspecified atom stereocenters. The molecule has 0 aromatic heterocycles. The van der Waals surface area contributed by atoms with Crippen LogP contribution in [-0.2, 0) is 11.3 Å². The normalized spacial score (nSPS) is 16.4. The third kappa shape index (κ3) is 3.72. The Kier molecular flexibility index (Phi) is 4.86. The largest absolute Gasteiger partial charge is 0.337 e. The van der Waals surface area contributed by atoms with Gasteiger partial charge >= 0.3 is 0 Å². The number of benzene rings is 1. The van der Waals surface area contributed by atoms with Gasteiger partial charge in [-0.1, -0.05) is 35.8 Å². The molecule has 1 aliphatic heterocycles. The summed E-state index contributed by atoms with van der Waals surface area (Å²) in [4.78, 5) is 15.6. The van der Waals surface area contributed by atoms with Gasteiger partial charge in [0.05, 0.1) is 10.0 Å². The summed E-state index contributed by atoms with van der Waals surface area (Å²) in [6.45, 7) is 7.54. The minimum Gasteiger partial charge on any atom is -0.337 e. The van der Waals surface area contributed by atoms with Gasteiger partial charge in [0.1, 0.15) is 0 Å². The molecule has 1 aliphatic rings. The zero-order valence-electron chi connectivity index (χ0n) is 10.6. The Morgan fingerprint density at radius 3 is 2.47 bits per heavy atom. The first-order chi connectivity index (χ1) is 9.10. The van der Waals surface area contributed by atoms with Crippen LogP contribution in [0.3, 0.4) is 0 Å². The number of amides is 1. The predicted octanol–water partition coefficient (Wildman–Crippen LogP) is 2.82. The van der Waals surface area contributed by atoms with Gasteiger partial charge in [0.15, 0.2) is 0 Å². The number of rotatable bonds is 3. The van der Waals surface area contributed by atoms with E-state index in [1.807, 2.05) is 23.1 Å². The maximum absolute atomic E-state index is 11.5. The fourth-order valence-electron chi connectivity index (χ4n) is 2.15. The highest BCUT2D eigenvalue weighted by Gasteiger charge is 2.19. The molecule has 1 amide bonds. The van der Waals surface area contributed by atoms with Gasteiger partial charge < -0.3 is 4.90 Å². The maximum Gasteiger partial charge on any atom is 0.246 e. The van der Waals surface area contributed by atoms with Crippen molar-refractivity contribution >= 4 is 29.1 Å². The van der Waals surface area contributed by atoms with Crippen LogP contribution in [0, 0.1) is 0 Å². The average Bonchev–Trinajstić information content (AvgIpc) is 2.43. The summed E-state index contributed by atoms with van der Waals surface area (Å²) < 4.78 is 0. The van der Waals surface area contributed by atoms with Crippen molar-refractivity contribution in [1.82, 2.24) is 9.80 Å². The topological polar surface area (TPSA) is 23.6 Å². The van der Waals surface area contributed by atoms with Gasteiger partial charge in [0.2, 0.25) is 5.91 Å². The first-order valence-electron chi connectivity index (χ1n) is 6.18. The van der Waals surface area contributed by atoms with E-state index in [2.05, 4.69) is 11.5 Å². The quantitative estimate of drug-likeness (QED) is 0.801. The van der Waals surface area contributed by atoms with Crippen LogP contribution in [0.1, 0.15) is 5.56 Å². The van der Waals surface area contributed by atoms with Gasteiger partial charge in [-0.3, -0.25) is 9.69 Å². The number of hydrogen-bond acceptors (Lipinski definition) is 2. The van der Waals surface area contributed by atoms with Gasteiger partial charge in [-0.2, -0.15) is 0 Å². The molecular formula is C14H16Cl2N2O. The lowest BCUT2D eigenvalue weighted by Crippen LogP contribution is -2.47. The lowest BCUT2D eigenvalue weighted by Gasteiger charge is -2.34. The second kappa shape index (κ2) is 6.42. The molecule has 0 atom stereocenters.